The lowest BCUT2D eigenvalue weighted by molar-refractivity contribution is -0.157. The van der Waals surface area contributed by atoms with Crippen molar-refractivity contribution in [2.45, 2.75) is 12.6 Å². The predicted octanol–water partition coefficient (Wildman–Crippen LogP) is 2.07. The minimum absolute atomic E-state index is 0.0247. The molecule has 0 saturated carbocycles. The van der Waals surface area contributed by atoms with E-state index in [2.05, 4.69) is 14.6 Å². The summed E-state index contributed by atoms with van der Waals surface area (Å²) in [7, 11) is 0. The van der Waals surface area contributed by atoms with Gasteiger partial charge in [-0.3, -0.25) is 0 Å². The largest absolute Gasteiger partial charge is 0.470 e. The quantitative estimate of drug-likeness (QED) is 0.618. The van der Waals surface area contributed by atoms with Crippen LogP contribution in [0.15, 0.2) is 4.42 Å². The second-order valence-electron chi connectivity index (χ2n) is 1.94. The number of rotatable bonds is 2. The molecule has 7 heteroatoms. The van der Waals surface area contributed by atoms with E-state index in [1.807, 2.05) is 22.6 Å². The molecule has 0 spiro atoms. The molecule has 0 atom stereocenters. The van der Waals surface area contributed by atoms with Crippen LogP contribution in [-0.4, -0.2) is 14.6 Å². The summed E-state index contributed by atoms with van der Waals surface area (Å²) in [5, 5.41) is 6.09. The Bertz CT molecular complexity index is 259. The Morgan fingerprint density at radius 3 is 2.42 bits per heavy atom. The molecule has 1 rings (SSSR count). The molecule has 0 aliphatic rings. The van der Waals surface area contributed by atoms with E-state index in [1.165, 1.54) is 0 Å². The van der Waals surface area contributed by atoms with Crippen molar-refractivity contribution in [2.75, 3.05) is 4.43 Å². The highest BCUT2D eigenvalue weighted by molar-refractivity contribution is 14.1. The fourth-order valence-corrected chi connectivity index (χ4v) is 1.01. The zero-order chi connectivity index (χ0) is 9.19. The second-order valence-corrected chi connectivity index (χ2v) is 3.02. The number of halogens is 4. The van der Waals surface area contributed by atoms with Gasteiger partial charge in [0.2, 0.25) is 5.89 Å². The van der Waals surface area contributed by atoms with Gasteiger partial charge in [0.15, 0.2) is 0 Å². The third-order valence-electron chi connectivity index (χ3n) is 1.02. The molecule has 0 aliphatic heterocycles. The Morgan fingerprint density at radius 2 is 2.00 bits per heavy atom. The van der Waals surface area contributed by atoms with Crippen LogP contribution in [0.2, 0.25) is 0 Å². The normalized spacial score (nSPS) is 12.0. The molecule has 0 fully saturated rings. The molecular weight excluding hydrogens is 288 g/mol. The van der Waals surface area contributed by atoms with Gasteiger partial charge in [0.25, 0.3) is 0 Å². The minimum Gasteiger partial charge on any atom is -0.417 e. The van der Waals surface area contributed by atoms with Crippen LogP contribution in [0.3, 0.4) is 0 Å². The molecule has 0 radical (unpaired) electrons. The Hall–Kier alpha value is -0.340. The van der Waals surface area contributed by atoms with Crippen LogP contribution in [0, 0.1) is 0 Å². The van der Waals surface area contributed by atoms with Crippen LogP contribution >= 0.6 is 22.6 Å². The molecule has 1 heterocycles. The van der Waals surface area contributed by atoms with Gasteiger partial charge < -0.3 is 4.42 Å². The summed E-state index contributed by atoms with van der Waals surface area (Å²) >= 11 is 2.01. The summed E-state index contributed by atoms with van der Waals surface area (Å²) in [5.41, 5.74) is 0. The first-order valence-electron chi connectivity index (χ1n) is 2.99. The van der Waals surface area contributed by atoms with Gasteiger partial charge in [-0.15, -0.1) is 10.2 Å². The monoisotopic (exact) mass is 292 g/mol. The minimum atomic E-state index is -4.53. The van der Waals surface area contributed by atoms with Crippen molar-refractivity contribution in [2.24, 2.45) is 0 Å². The lowest BCUT2D eigenvalue weighted by Crippen LogP contribution is -2.04. The lowest BCUT2D eigenvalue weighted by Gasteiger charge is -1.96. The maximum atomic E-state index is 11.8. The van der Waals surface area contributed by atoms with Crippen LogP contribution in [0.1, 0.15) is 11.8 Å². The molecule has 0 aliphatic carbocycles. The lowest BCUT2D eigenvalue weighted by atomic mass is 10.5. The summed E-state index contributed by atoms with van der Waals surface area (Å²) in [6.07, 6.45) is -4.17. The molecule has 0 N–H and O–H groups in total. The van der Waals surface area contributed by atoms with E-state index < -0.39 is 12.1 Å². The van der Waals surface area contributed by atoms with E-state index in [9.17, 15) is 13.2 Å². The van der Waals surface area contributed by atoms with E-state index in [0.29, 0.717) is 10.8 Å². The molecular formula is C5H4F3IN2O. The van der Waals surface area contributed by atoms with Crippen molar-refractivity contribution in [3.8, 4) is 0 Å². The Labute approximate surface area is 79.5 Å². The van der Waals surface area contributed by atoms with Crippen molar-refractivity contribution >= 4 is 22.6 Å². The van der Waals surface area contributed by atoms with Gasteiger partial charge in [-0.1, -0.05) is 22.6 Å². The highest BCUT2D eigenvalue weighted by atomic mass is 127. The van der Waals surface area contributed by atoms with Gasteiger partial charge in [0.1, 0.15) is 0 Å². The number of alkyl halides is 4. The van der Waals surface area contributed by atoms with Crippen LogP contribution < -0.4 is 0 Å². The molecule has 3 nitrogen and oxygen atoms in total. The Balaban J connectivity index is 2.77. The molecule has 1 aromatic heterocycles. The summed E-state index contributed by atoms with van der Waals surface area (Å²) in [4.78, 5) is 0. The van der Waals surface area contributed by atoms with Crippen molar-refractivity contribution in [1.82, 2.24) is 10.2 Å². The maximum absolute atomic E-state index is 11.8. The number of hydrogen-bond donors (Lipinski definition) is 0. The average Bonchev–Trinajstić information content (AvgIpc) is 2.35. The average molecular weight is 292 g/mol. The molecule has 1 aromatic rings. The zero-order valence-corrected chi connectivity index (χ0v) is 7.89. The van der Waals surface area contributed by atoms with E-state index in [4.69, 9.17) is 0 Å². The van der Waals surface area contributed by atoms with Crippen molar-refractivity contribution in [3.63, 3.8) is 0 Å². The third-order valence-corrected chi connectivity index (χ3v) is 1.56. The number of aromatic nitrogens is 2. The maximum Gasteiger partial charge on any atom is 0.470 e. The van der Waals surface area contributed by atoms with Gasteiger partial charge >= 0.3 is 12.1 Å². The zero-order valence-electron chi connectivity index (χ0n) is 5.73. The summed E-state index contributed by atoms with van der Waals surface area (Å²) in [6, 6.07) is 0. The Kier molecular flexibility index (Phi) is 2.91. The SMILES string of the molecule is FC(F)(F)c1nnc(CCI)o1. The van der Waals surface area contributed by atoms with Gasteiger partial charge in [0, 0.05) is 10.8 Å². The highest BCUT2D eigenvalue weighted by Gasteiger charge is 2.37. The summed E-state index contributed by atoms with van der Waals surface area (Å²) in [6.45, 7) is 0. The fourth-order valence-electron chi connectivity index (χ4n) is 0.550. The van der Waals surface area contributed by atoms with Crippen LogP contribution in [0.4, 0.5) is 13.2 Å². The highest BCUT2D eigenvalue weighted by Crippen LogP contribution is 2.27. The standard InChI is InChI=1S/C5H4F3IN2O/c6-5(7,8)4-11-10-3(12-4)1-2-9/h1-2H2. The topological polar surface area (TPSA) is 38.9 Å². The predicted molar refractivity (Wildman–Crippen MR) is 41.9 cm³/mol. The molecule has 0 saturated heterocycles. The molecule has 68 valence electrons. The van der Waals surface area contributed by atoms with Crippen LogP contribution in [0.5, 0.6) is 0 Å². The van der Waals surface area contributed by atoms with E-state index in [0.717, 1.165) is 0 Å². The molecule has 0 aromatic carbocycles. The second kappa shape index (κ2) is 3.58. The van der Waals surface area contributed by atoms with Crippen LogP contribution in [0.25, 0.3) is 0 Å². The van der Waals surface area contributed by atoms with E-state index >= 15 is 0 Å². The van der Waals surface area contributed by atoms with Gasteiger partial charge in [-0.25, -0.2) is 0 Å². The van der Waals surface area contributed by atoms with Crippen molar-refractivity contribution in [3.05, 3.63) is 11.8 Å². The Morgan fingerprint density at radius 1 is 1.33 bits per heavy atom. The molecule has 0 amide bonds. The molecule has 0 bridgehead atoms. The van der Waals surface area contributed by atoms with Gasteiger partial charge in [0.05, 0.1) is 0 Å². The van der Waals surface area contributed by atoms with Gasteiger partial charge in [-0.05, 0) is 0 Å². The first-order chi connectivity index (χ1) is 5.54. The van der Waals surface area contributed by atoms with Crippen molar-refractivity contribution < 1.29 is 17.6 Å². The smallest absolute Gasteiger partial charge is 0.417 e. The van der Waals surface area contributed by atoms with E-state index in [1.54, 1.807) is 0 Å². The third kappa shape index (κ3) is 2.32. The molecule has 0 unspecified atom stereocenters. The number of nitrogens with zero attached hydrogens (tertiary/aromatic N) is 2. The number of aryl methyl sites for hydroxylation is 1. The summed E-state index contributed by atoms with van der Waals surface area (Å²) in [5.74, 6) is -1.25. The van der Waals surface area contributed by atoms with E-state index in [-0.39, 0.29) is 5.89 Å². The first kappa shape index (κ1) is 9.75. The van der Waals surface area contributed by atoms with Crippen LogP contribution in [-0.2, 0) is 12.6 Å². The fraction of sp³-hybridized carbons (Fsp3) is 0.600. The summed E-state index contributed by atoms with van der Waals surface area (Å²) < 4.78 is 40.5. The van der Waals surface area contributed by atoms with Gasteiger partial charge in [-0.2, -0.15) is 13.2 Å². The number of hydrogen-bond acceptors (Lipinski definition) is 3. The first-order valence-corrected chi connectivity index (χ1v) is 4.52. The molecule has 12 heavy (non-hydrogen) atoms. The van der Waals surface area contributed by atoms with Crippen molar-refractivity contribution in [1.29, 1.82) is 0 Å².